The molecular formula is C35H44O14. The zero-order chi connectivity index (χ0) is 36.3. The fourth-order valence-electron chi connectivity index (χ4n) is 9.11. The van der Waals surface area contributed by atoms with Gasteiger partial charge in [-0.15, -0.1) is 0 Å². The van der Waals surface area contributed by atoms with Crippen LogP contribution in [0.15, 0.2) is 35.2 Å². The number of aliphatic hydroxyl groups is 2. The molecule has 12 atom stereocenters. The molecule has 2 N–H and O–H groups in total. The molecule has 1 aromatic heterocycles. The van der Waals surface area contributed by atoms with Crippen molar-refractivity contribution in [2.24, 2.45) is 28.6 Å². The Balaban J connectivity index is 1.81. The van der Waals surface area contributed by atoms with Gasteiger partial charge in [-0.25, -0.2) is 4.79 Å². The molecule has 0 radical (unpaired) electrons. The minimum Gasteiger partial charge on any atom is -0.472 e. The van der Waals surface area contributed by atoms with Crippen LogP contribution >= 0.6 is 0 Å². The van der Waals surface area contributed by atoms with Crippen molar-refractivity contribution in [2.75, 3.05) is 6.61 Å². The summed E-state index contributed by atoms with van der Waals surface area (Å²) in [5, 5.41) is 23.8. The molecule has 14 heteroatoms. The molecule has 2 saturated carbocycles. The molecule has 1 aromatic rings. The van der Waals surface area contributed by atoms with Gasteiger partial charge in [-0.3, -0.25) is 24.0 Å². The van der Waals surface area contributed by atoms with Crippen LogP contribution in [0, 0.1) is 28.6 Å². The van der Waals surface area contributed by atoms with Gasteiger partial charge in [0.15, 0.2) is 17.5 Å². The molecule has 4 fully saturated rings. The third-order valence-electron chi connectivity index (χ3n) is 11.9. The highest BCUT2D eigenvalue weighted by Crippen LogP contribution is 2.68. The molecule has 0 amide bonds. The van der Waals surface area contributed by atoms with Gasteiger partial charge in [-0.05, 0) is 30.0 Å². The van der Waals surface area contributed by atoms with E-state index in [1.807, 2.05) is 0 Å². The average molecular weight is 689 g/mol. The topological polar surface area (TPSA) is 202 Å². The van der Waals surface area contributed by atoms with Gasteiger partial charge in [0.2, 0.25) is 0 Å². The van der Waals surface area contributed by atoms with E-state index in [2.05, 4.69) is 6.58 Å². The molecule has 2 aliphatic heterocycles. The number of aliphatic hydroxyl groups excluding tert-OH is 1. The summed E-state index contributed by atoms with van der Waals surface area (Å²) in [4.78, 5) is 79.3. The first-order valence-corrected chi connectivity index (χ1v) is 16.4. The Labute approximate surface area is 283 Å². The molecule has 2 aliphatic carbocycles. The SMILES string of the molecule is C=C1[C@@H]([C@]2(C)[C@H]3CC(=O)OC[C@@]3(C)OC(=O)C[C@H]2OC(C)=O)[C@H](OC=O)[C@H](OC(=O)C(O)C(C)CC)[C@@]2(C)[C@H](c3ccoc3)CC(=O)[C@]12O. The number of furan rings is 1. The molecule has 4 aliphatic rings. The van der Waals surface area contributed by atoms with Crippen molar-refractivity contribution in [3.05, 3.63) is 36.3 Å². The fourth-order valence-corrected chi connectivity index (χ4v) is 9.11. The zero-order valence-corrected chi connectivity index (χ0v) is 28.5. The molecule has 49 heavy (non-hydrogen) atoms. The maximum atomic E-state index is 14.3. The number of esters is 4. The number of hydrogen-bond donors (Lipinski definition) is 2. The van der Waals surface area contributed by atoms with Crippen molar-refractivity contribution in [1.82, 2.24) is 0 Å². The van der Waals surface area contributed by atoms with E-state index >= 15 is 0 Å². The van der Waals surface area contributed by atoms with E-state index in [4.69, 9.17) is 28.1 Å². The van der Waals surface area contributed by atoms with Gasteiger partial charge in [0.1, 0.15) is 30.5 Å². The van der Waals surface area contributed by atoms with Crippen molar-refractivity contribution in [3.8, 4) is 0 Å². The summed E-state index contributed by atoms with van der Waals surface area (Å²) in [7, 11) is 0. The van der Waals surface area contributed by atoms with E-state index in [0.717, 1.165) is 6.92 Å². The molecule has 14 nitrogen and oxygen atoms in total. The van der Waals surface area contributed by atoms with E-state index < -0.39 is 106 Å². The maximum absolute atomic E-state index is 14.3. The molecule has 0 spiro atoms. The first-order chi connectivity index (χ1) is 22.9. The second-order valence-electron chi connectivity index (χ2n) is 14.5. The van der Waals surface area contributed by atoms with Crippen molar-refractivity contribution >= 4 is 36.1 Å². The van der Waals surface area contributed by atoms with Gasteiger partial charge in [0.05, 0.1) is 30.8 Å². The van der Waals surface area contributed by atoms with E-state index in [-0.39, 0.29) is 31.5 Å². The first-order valence-electron chi connectivity index (χ1n) is 16.4. The Morgan fingerprint density at radius 1 is 1.12 bits per heavy atom. The van der Waals surface area contributed by atoms with Crippen LogP contribution in [-0.4, -0.2) is 88.6 Å². The predicted octanol–water partition coefficient (Wildman–Crippen LogP) is 2.33. The van der Waals surface area contributed by atoms with Crippen molar-refractivity contribution in [2.45, 2.75) is 109 Å². The van der Waals surface area contributed by atoms with Crippen LogP contribution in [0.1, 0.15) is 78.7 Å². The van der Waals surface area contributed by atoms with E-state index in [0.29, 0.717) is 12.0 Å². The number of Topliss-reactive ketones (excluding diaryl/α,β-unsaturated/α-hetero) is 1. The third-order valence-corrected chi connectivity index (χ3v) is 11.9. The second-order valence-corrected chi connectivity index (χ2v) is 14.5. The van der Waals surface area contributed by atoms with Crippen LogP contribution in [-0.2, 0) is 52.5 Å². The summed E-state index contributed by atoms with van der Waals surface area (Å²) in [6.07, 6.45) is -4.22. The van der Waals surface area contributed by atoms with Crippen molar-refractivity contribution in [1.29, 1.82) is 0 Å². The Bertz CT molecular complexity index is 1530. The van der Waals surface area contributed by atoms with Crippen LogP contribution in [0.4, 0.5) is 0 Å². The number of carbonyl (C=O) groups is 6. The van der Waals surface area contributed by atoms with Gasteiger partial charge >= 0.3 is 23.9 Å². The highest BCUT2D eigenvalue weighted by molar-refractivity contribution is 5.96. The molecule has 5 rings (SSSR count). The molecule has 2 unspecified atom stereocenters. The number of hydrogen-bond acceptors (Lipinski definition) is 14. The van der Waals surface area contributed by atoms with Crippen LogP contribution < -0.4 is 0 Å². The van der Waals surface area contributed by atoms with Gasteiger partial charge in [-0.2, -0.15) is 0 Å². The van der Waals surface area contributed by atoms with Gasteiger partial charge in [0, 0.05) is 36.5 Å². The maximum Gasteiger partial charge on any atom is 0.335 e. The lowest BCUT2D eigenvalue weighted by Gasteiger charge is -2.61. The molecule has 0 bridgehead atoms. The number of ketones is 1. The van der Waals surface area contributed by atoms with Gasteiger partial charge in [-0.1, -0.05) is 40.7 Å². The zero-order valence-electron chi connectivity index (χ0n) is 28.5. The summed E-state index contributed by atoms with van der Waals surface area (Å²) >= 11 is 0. The molecule has 268 valence electrons. The summed E-state index contributed by atoms with van der Waals surface area (Å²) in [6, 6.07) is 1.59. The lowest BCUT2D eigenvalue weighted by molar-refractivity contribution is -0.242. The second kappa shape index (κ2) is 12.7. The highest BCUT2D eigenvalue weighted by Gasteiger charge is 2.78. The Morgan fingerprint density at radius 3 is 2.41 bits per heavy atom. The normalized spacial score (nSPS) is 40.1. The van der Waals surface area contributed by atoms with Crippen LogP contribution in [0.3, 0.4) is 0 Å². The summed E-state index contributed by atoms with van der Waals surface area (Å²) < 4.78 is 34.2. The Morgan fingerprint density at radius 2 is 1.82 bits per heavy atom. The van der Waals surface area contributed by atoms with Gasteiger partial charge < -0.3 is 38.3 Å². The standard InChI is InChI=1S/C35H44O14/c1-8-17(2)28(41)31(42)48-30-29(46-16-36)27(18(3)35(43)23(38)11-21(34(30,35)7)20-9-10-44-14-20)33(6)22-12-25(39)45-15-32(22,5)49-26(40)13-24(33)47-19(4)37/h9-10,14,16-17,21-22,24,27-30,41,43H,3,8,11-13,15H2,1-2,4-7H3/t17?,21-,22-,24+,27+,28?,29-,30-,32+,33+,34+,35+/m0/s1. The number of fused-ring (bicyclic) bond motifs is 2. The third kappa shape index (κ3) is 5.38. The number of carbonyl (C=O) groups excluding carboxylic acids is 6. The molecule has 0 aromatic carbocycles. The minimum atomic E-state index is -2.48. The lowest BCUT2D eigenvalue weighted by Crippen LogP contribution is -2.72. The number of ether oxygens (including phenoxy) is 5. The smallest absolute Gasteiger partial charge is 0.335 e. The summed E-state index contributed by atoms with van der Waals surface area (Å²) in [5.41, 5.74) is -7.14. The van der Waals surface area contributed by atoms with E-state index in [1.165, 1.54) is 19.5 Å². The number of cyclic esters (lactones) is 1. The average Bonchev–Trinajstić information content (AvgIpc) is 3.63. The van der Waals surface area contributed by atoms with Crippen LogP contribution in [0.25, 0.3) is 0 Å². The van der Waals surface area contributed by atoms with Crippen LogP contribution in [0.2, 0.25) is 0 Å². The first kappa shape index (κ1) is 36.2. The Kier molecular flexibility index (Phi) is 9.39. The van der Waals surface area contributed by atoms with E-state index in [9.17, 15) is 39.0 Å². The molecular weight excluding hydrogens is 644 g/mol. The molecule has 3 heterocycles. The molecule has 2 saturated heterocycles. The largest absolute Gasteiger partial charge is 0.472 e. The summed E-state index contributed by atoms with van der Waals surface area (Å²) in [5.74, 6) is -7.90. The monoisotopic (exact) mass is 688 g/mol. The van der Waals surface area contributed by atoms with Gasteiger partial charge in [0.25, 0.3) is 6.47 Å². The highest BCUT2D eigenvalue weighted by atomic mass is 16.6. The van der Waals surface area contributed by atoms with E-state index in [1.54, 1.807) is 33.8 Å². The van der Waals surface area contributed by atoms with Crippen LogP contribution in [0.5, 0.6) is 0 Å². The number of rotatable bonds is 9. The fraction of sp³-hybridized carbons (Fsp3) is 0.657. The van der Waals surface area contributed by atoms with Crippen molar-refractivity contribution in [3.63, 3.8) is 0 Å². The summed E-state index contributed by atoms with van der Waals surface area (Å²) in [6.45, 7) is 13.2. The predicted molar refractivity (Wildman–Crippen MR) is 165 cm³/mol. The Hall–Kier alpha value is -4.04. The minimum absolute atomic E-state index is 0.116. The van der Waals surface area contributed by atoms with Crippen molar-refractivity contribution < 1.29 is 67.1 Å². The quantitative estimate of drug-likeness (QED) is 0.166. The lowest BCUT2D eigenvalue weighted by atomic mass is 9.46.